The number of hydrogen-bond donors (Lipinski definition) is 0. The molecular weight excluding hydrogens is 343 g/mol. The molecule has 0 amide bonds. The molecule has 0 fully saturated rings. The minimum atomic E-state index is -3.17. The van der Waals surface area contributed by atoms with E-state index in [1.165, 1.54) is 0 Å². The largest absolute Gasteiger partial charge is 0.413 e. The topological polar surface area (TPSA) is 9.23 Å². The van der Waals surface area contributed by atoms with Gasteiger partial charge in [-0.2, -0.15) is 0 Å². The van der Waals surface area contributed by atoms with Crippen molar-refractivity contribution in [2.75, 3.05) is 0 Å². The molecule has 25 heavy (non-hydrogen) atoms. The number of hydrogen-bond acceptors (Lipinski definition) is 1. The first kappa shape index (κ1) is 22.6. The summed E-state index contributed by atoms with van der Waals surface area (Å²) >= 11 is 0. The molecule has 0 saturated carbocycles. The Balaban J connectivity index is 3.07. The van der Waals surface area contributed by atoms with Crippen LogP contribution in [-0.4, -0.2) is 16.7 Å². The zero-order valence-corrected chi connectivity index (χ0v) is 20.3. The van der Waals surface area contributed by atoms with Crippen molar-refractivity contribution in [3.8, 4) is 0 Å². The van der Waals surface area contributed by atoms with Crippen LogP contribution < -0.4 is 5.19 Å². The molecule has 0 unspecified atom stereocenters. The molecule has 0 spiro atoms. The van der Waals surface area contributed by atoms with Crippen LogP contribution in [0.5, 0.6) is 0 Å². The molecule has 0 bridgehead atoms. The van der Waals surface area contributed by atoms with Crippen molar-refractivity contribution < 1.29 is 8.53 Å². The molecule has 144 valence electrons. The highest BCUT2D eigenvalue weighted by molar-refractivity contribution is 6.90. The third-order valence-corrected chi connectivity index (χ3v) is 15.6. The fourth-order valence-electron chi connectivity index (χ4n) is 3.30. The minimum absolute atomic E-state index is 0.201. The predicted octanol–water partition coefficient (Wildman–Crippen LogP) is 6.93. The minimum Gasteiger partial charge on any atom is -0.413 e. The molecule has 0 aliphatic rings. The van der Waals surface area contributed by atoms with Crippen molar-refractivity contribution >= 4 is 21.9 Å². The fourth-order valence-corrected chi connectivity index (χ4v) is 8.87. The Bertz CT molecular complexity index is 558. The molecule has 0 aliphatic heterocycles. The predicted molar refractivity (Wildman–Crippen MR) is 114 cm³/mol. The van der Waals surface area contributed by atoms with E-state index in [0.29, 0.717) is 6.61 Å². The molecule has 0 heterocycles. The summed E-state index contributed by atoms with van der Waals surface area (Å²) in [7, 11) is -4.94. The van der Waals surface area contributed by atoms with Crippen molar-refractivity contribution in [2.45, 2.75) is 97.1 Å². The molecule has 0 saturated heterocycles. The summed E-state index contributed by atoms with van der Waals surface area (Å²) in [6.07, 6.45) is 0. The first-order valence-electron chi connectivity index (χ1n) is 9.36. The maximum Gasteiger partial charge on any atom is 0.288 e. The van der Waals surface area contributed by atoms with Crippen LogP contribution >= 0.6 is 0 Å². The zero-order valence-electron chi connectivity index (χ0n) is 18.3. The van der Waals surface area contributed by atoms with Gasteiger partial charge in [0.2, 0.25) is 0 Å². The van der Waals surface area contributed by atoms with Gasteiger partial charge in [-0.3, -0.25) is 0 Å². The molecule has 4 heteroatoms. The molecule has 1 nitrogen and oxygen atoms in total. The standard InChI is InChI=1S/C21H39FOSi2/c1-19(2,3)24(10,11)23-16-17-12-14-18(15-13-17)25(22,20(4,5)6)21(7,8)9/h12-15H,16H2,1-11H3. The lowest BCUT2D eigenvalue weighted by molar-refractivity contribution is 0.276. The molecular formula is C21H39FOSi2. The third-order valence-electron chi connectivity index (χ3n) is 5.82. The molecule has 0 aliphatic carbocycles. The Kier molecular flexibility index (Phi) is 6.26. The van der Waals surface area contributed by atoms with Crippen LogP contribution in [0.4, 0.5) is 4.11 Å². The Morgan fingerprint density at radius 1 is 0.760 bits per heavy atom. The van der Waals surface area contributed by atoms with Crippen molar-refractivity contribution in [3.63, 3.8) is 0 Å². The van der Waals surface area contributed by atoms with Gasteiger partial charge in [-0.25, -0.2) is 0 Å². The summed E-state index contributed by atoms with van der Waals surface area (Å²) in [5, 5.41) is 0.407. The van der Waals surface area contributed by atoms with Crippen molar-refractivity contribution in [1.82, 2.24) is 0 Å². The van der Waals surface area contributed by atoms with E-state index < -0.39 is 16.7 Å². The Morgan fingerprint density at radius 2 is 1.16 bits per heavy atom. The lowest BCUT2D eigenvalue weighted by Crippen LogP contribution is -2.57. The smallest absolute Gasteiger partial charge is 0.288 e. The molecule has 1 aromatic rings. The van der Waals surface area contributed by atoms with Gasteiger partial charge in [0.15, 0.2) is 8.32 Å². The molecule has 0 aromatic heterocycles. The molecule has 0 N–H and O–H groups in total. The first-order chi connectivity index (χ1) is 10.9. The van der Waals surface area contributed by atoms with E-state index in [-0.39, 0.29) is 15.1 Å². The average molecular weight is 383 g/mol. The summed E-state index contributed by atoms with van der Waals surface area (Å²) in [6, 6.07) is 8.13. The summed E-state index contributed by atoms with van der Waals surface area (Å²) in [4.78, 5) is 0. The highest BCUT2D eigenvalue weighted by atomic mass is 28.4. The number of benzene rings is 1. The van der Waals surface area contributed by atoms with Crippen LogP contribution in [0.1, 0.15) is 67.9 Å². The quantitative estimate of drug-likeness (QED) is 0.405. The van der Waals surface area contributed by atoms with Crippen LogP contribution in [0.15, 0.2) is 24.3 Å². The van der Waals surface area contributed by atoms with Gasteiger partial charge in [-0.15, -0.1) is 0 Å². The van der Waals surface area contributed by atoms with Gasteiger partial charge in [0, 0.05) is 0 Å². The second-order valence-corrected chi connectivity index (χ2v) is 20.6. The van der Waals surface area contributed by atoms with Gasteiger partial charge < -0.3 is 8.53 Å². The maximum absolute atomic E-state index is 16.3. The Hall–Kier alpha value is -0.456. The van der Waals surface area contributed by atoms with Crippen LogP contribution in [0.25, 0.3) is 0 Å². The van der Waals surface area contributed by atoms with Gasteiger partial charge >= 0.3 is 0 Å². The zero-order chi connectivity index (χ0) is 19.9. The van der Waals surface area contributed by atoms with E-state index in [1.807, 2.05) is 53.7 Å². The third kappa shape index (κ3) is 4.64. The van der Waals surface area contributed by atoms with Crippen molar-refractivity contribution in [3.05, 3.63) is 29.8 Å². The molecule has 0 radical (unpaired) electrons. The van der Waals surface area contributed by atoms with Gasteiger partial charge in [0.05, 0.1) is 6.61 Å². The lowest BCUT2D eigenvalue weighted by Gasteiger charge is -2.45. The van der Waals surface area contributed by atoms with Crippen LogP contribution in [-0.2, 0) is 11.0 Å². The first-order valence-corrected chi connectivity index (χ1v) is 14.1. The van der Waals surface area contributed by atoms with Crippen LogP contribution in [0, 0.1) is 0 Å². The second-order valence-electron chi connectivity index (χ2n) is 10.9. The van der Waals surface area contributed by atoms with Crippen molar-refractivity contribution in [1.29, 1.82) is 0 Å². The van der Waals surface area contributed by atoms with E-state index >= 15 is 4.11 Å². The van der Waals surface area contributed by atoms with Crippen molar-refractivity contribution in [2.24, 2.45) is 0 Å². The van der Waals surface area contributed by atoms with Crippen LogP contribution in [0.3, 0.4) is 0 Å². The highest BCUT2D eigenvalue weighted by Gasteiger charge is 2.56. The number of rotatable bonds is 4. The fraction of sp³-hybridized carbons (Fsp3) is 0.714. The molecule has 0 atom stereocenters. The van der Waals surface area contributed by atoms with E-state index in [9.17, 15) is 0 Å². The number of halogens is 1. The molecule has 1 rings (SSSR count). The van der Waals surface area contributed by atoms with Gasteiger partial charge in [0.1, 0.15) is 0 Å². The highest BCUT2D eigenvalue weighted by Crippen LogP contribution is 2.51. The van der Waals surface area contributed by atoms with Gasteiger partial charge in [-0.1, -0.05) is 86.6 Å². The SMILES string of the molecule is CC(C)(C)[Si](C)(C)OCc1ccc([Si](F)(C(C)(C)C)C(C)(C)C)cc1. The Labute approximate surface area is 157 Å². The molecule has 1 aromatic carbocycles. The monoisotopic (exact) mass is 382 g/mol. The normalized spacial score (nSPS) is 14.7. The van der Waals surface area contributed by atoms with Gasteiger partial charge in [-0.05, 0) is 39.0 Å². The van der Waals surface area contributed by atoms with E-state index in [1.54, 1.807) is 0 Å². The summed E-state index contributed by atoms with van der Waals surface area (Å²) < 4.78 is 22.6. The van der Waals surface area contributed by atoms with Crippen LogP contribution in [0.2, 0.25) is 28.2 Å². The average Bonchev–Trinajstić information content (AvgIpc) is 2.41. The maximum atomic E-state index is 16.3. The Morgan fingerprint density at radius 3 is 1.48 bits per heavy atom. The second kappa shape index (κ2) is 6.93. The van der Waals surface area contributed by atoms with E-state index in [2.05, 4.69) is 46.0 Å². The van der Waals surface area contributed by atoms with Gasteiger partial charge in [0.25, 0.3) is 8.41 Å². The lowest BCUT2D eigenvalue weighted by atomic mass is 10.2. The summed E-state index contributed by atoms with van der Waals surface area (Å²) in [5.74, 6) is 0. The van der Waals surface area contributed by atoms with E-state index in [4.69, 9.17) is 4.43 Å². The van der Waals surface area contributed by atoms with E-state index in [0.717, 1.165) is 10.8 Å². The summed E-state index contributed by atoms with van der Waals surface area (Å²) in [6.45, 7) is 24.1. The summed E-state index contributed by atoms with van der Waals surface area (Å²) in [5.41, 5.74) is 1.13.